The quantitative estimate of drug-likeness (QED) is 0.751. The van der Waals surface area contributed by atoms with Crippen molar-refractivity contribution in [1.82, 2.24) is 0 Å². The largest absolute Gasteiger partial charge is 0.390 e. The summed E-state index contributed by atoms with van der Waals surface area (Å²) >= 11 is 0. The van der Waals surface area contributed by atoms with Gasteiger partial charge in [-0.3, -0.25) is 0 Å². The van der Waals surface area contributed by atoms with E-state index in [1.807, 2.05) is 6.92 Å². The van der Waals surface area contributed by atoms with E-state index in [4.69, 9.17) is 0 Å². The van der Waals surface area contributed by atoms with E-state index in [0.717, 1.165) is 18.3 Å². The van der Waals surface area contributed by atoms with Gasteiger partial charge in [0.05, 0.1) is 11.7 Å². The maximum absolute atomic E-state index is 10.0. The molecule has 88 valence electrons. The molecule has 2 rings (SSSR count). The summed E-state index contributed by atoms with van der Waals surface area (Å²) in [6.07, 6.45) is 6.34. The minimum Gasteiger partial charge on any atom is -0.390 e. The van der Waals surface area contributed by atoms with Crippen LogP contribution in [-0.4, -0.2) is 21.9 Å². The van der Waals surface area contributed by atoms with Crippen molar-refractivity contribution in [2.75, 3.05) is 0 Å². The van der Waals surface area contributed by atoms with Gasteiger partial charge in [-0.2, -0.15) is 0 Å². The first-order valence-corrected chi connectivity index (χ1v) is 6.43. The lowest BCUT2D eigenvalue weighted by atomic mass is 9.81. The number of hydrogen-bond acceptors (Lipinski definition) is 2. The van der Waals surface area contributed by atoms with Crippen LogP contribution in [0.1, 0.15) is 52.4 Å². The lowest BCUT2D eigenvalue weighted by Gasteiger charge is -2.32. The molecule has 15 heavy (non-hydrogen) atoms. The van der Waals surface area contributed by atoms with E-state index in [1.165, 1.54) is 25.7 Å². The van der Waals surface area contributed by atoms with Crippen molar-refractivity contribution in [3.05, 3.63) is 0 Å². The minimum atomic E-state index is -0.887. The average Bonchev–Trinajstić information content (AvgIpc) is 2.79. The van der Waals surface area contributed by atoms with Gasteiger partial charge in [0.1, 0.15) is 0 Å². The topological polar surface area (TPSA) is 40.5 Å². The Balaban J connectivity index is 1.87. The second kappa shape index (κ2) is 4.06. The van der Waals surface area contributed by atoms with E-state index >= 15 is 0 Å². The predicted molar refractivity (Wildman–Crippen MR) is 60.5 cm³/mol. The number of rotatable bonds is 4. The van der Waals surface area contributed by atoms with E-state index < -0.39 is 11.7 Å². The Kier molecular flexibility index (Phi) is 3.09. The Morgan fingerprint density at radius 2 is 2.07 bits per heavy atom. The third kappa shape index (κ3) is 2.21. The van der Waals surface area contributed by atoms with Crippen LogP contribution in [0, 0.1) is 17.8 Å². The number of hydrogen-bond donors (Lipinski definition) is 2. The zero-order chi connectivity index (χ0) is 11.1. The first kappa shape index (κ1) is 11.4. The van der Waals surface area contributed by atoms with Crippen molar-refractivity contribution in [3.63, 3.8) is 0 Å². The lowest BCUT2D eigenvalue weighted by molar-refractivity contribution is -0.0760. The van der Waals surface area contributed by atoms with Gasteiger partial charge in [0.15, 0.2) is 0 Å². The zero-order valence-electron chi connectivity index (χ0n) is 9.95. The van der Waals surface area contributed by atoms with Crippen LogP contribution < -0.4 is 0 Å². The minimum absolute atomic E-state index is 0.535. The third-order valence-corrected chi connectivity index (χ3v) is 4.84. The van der Waals surface area contributed by atoms with E-state index in [0.29, 0.717) is 12.3 Å². The van der Waals surface area contributed by atoms with Crippen molar-refractivity contribution < 1.29 is 10.2 Å². The molecule has 2 nitrogen and oxygen atoms in total. The monoisotopic (exact) mass is 212 g/mol. The SMILES string of the molecule is CCC(C)(O)C(O)CC1CC2CCC1C2. The molecule has 0 saturated heterocycles. The van der Waals surface area contributed by atoms with Gasteiger partial charge in [0.2, 0.25) is 0 Å². The Morgan fingerprint density at radius 1 is 1.33 bits per heavy atom. The van der Waals surface area contributed by atoms with Crippen LogP contribution in [0.4, 0.5) is 0 Å². The highest BCUT2D eigenvalue weighted by molar-refractivity contribution is 4.93. The van der Waals surface area contributed by atoms with Gasteiger partial charge in [-0.15, -0.1) is 0 Å². The van der Waals surface area contributed by atoms with Crippen molar-refractivity contribution >= 4 is 0 Å². The summed E-state index contributed by atoms with van der Waals surface area (Å²) in [5.74, 6) is 2.45. The van der Waals surface area contributed by atoms with Crippen molar-refractivity contribution in [2.24, 2.45) is 17.8 Å². The maximum Gasteiger partial charge on any atom is 0.0875 e. The summed E-state index contributed by atoms with van der Waals surface area (Å²) in [7, 11) is 0. The van der Waals surface area contributed by atoms with E-state index in [1.54, 1.807) is 6.92 Å². The van der Waals surface area contributed by atoms with Crippen LogP contribution >= 0.6 is 0 Å². The Morgan fingerprint density at radius 3 is 2.53 bits per heavy atom. The van der Waals surface area contributed by atoms with Gasteiger partial charge in [0, 0.05) is 0 Å². The first-order chi connectivity index (χ1) is 7.03. The number of aliphatic hydroxyl groups excluding tert-OH is 1. The van der Waals surface area contributed by atoms with E-state index in [-0.39, 0.29) is 0 Å². The van der Waals surface area contributed by atoms with Crippen LogP contribution in [0.2, 0.25) is 0 Å². The van der Waals surface area contributed by atoms with E-state index in [2.05, 4.69) is 0 Å². The molecule has 2 aliphatic rings. The Hall–Kier alpha value is -0.0800. The summed E-state index contributed by atoms with van der Waals surface area (Å²) < 4.78 is 0. The molecule has 0 aromatic carbocycles. The van der Waals surface area contributed by atoms with Crippen molar-refractivity contribution in [2.45, 2.75) is 64.1 Å². The molecule has 0 amide bonds. The van der Waals surface area contributed by atoms with Gasteiger partial charge in [-0.1, -0.05) is 13.3 Å². The van der Waals surface area contributed by atoms with Gasteiger partial charge in [-0.05, 0) is 56.8 Å². The second-order valence-corrected chi connectivity index (χ2v) is 5.90. The highest BCUT2D eigenvalue weighted by Crippen LogP contribution is 2.50. The molecule has 2 fully saturated rings. The van der Waals surface area contributed by atoms with Gasteiger partial charge in [-0.25, -0.2) is 0 Å². The maximum atomic E-state index is 10.0. The third-order valence-electron chi connectivity index (χ3n) is 4.84. The smallest absolute Gasteiger partial charge is 0.0875 e. The molecule has 2 bridgehead atoms. The summed E-state index contributed by atoms with van der Waals surface area (Å²) in [6.45, 7) is 3.69. The van der Waals surface area contributed by atoms with Gasteiger partial charge < -0.3 is 10.2 Å². The van der Waals surface area contributed by atoms with Crippen LogP contribution in [0.15, 0.2) is 0 Å². The molecule has 0 aromatic rings. The molecule has 0 radical (unpaired) electrons. The normalized spacial score (nSPS) is 40.4. The molecule has 0 heterocycles. The fourth-order valence-corrected chi connectivity index (χ4v) is 3.44. The molecular weight excluding hydrogens is 188 g/mol. The van der Waals surface area contributed by atoms with Crippen LogP contribution in [-0.2, 0) is 0 Å². The molecule has 5 unspecified atom stereocenters. The standard InChI is InChI=1S/C13H24O2/c1-3-13(2,15)12(14)8-11-7-9-4-5-10(11)6-9/h9-12,14-15H,3-8H2,1-2H3. The molecule has 0 aliphatic heterocycles. The molecule has 0 aromatic heterocycles. The molecule has 0 spiro atoms. The van der Waals surface area contributed by atoms with E-state index in [9.17, 15) is 10.2 Å². The molecule has 2 heteroatoms. The first-order valence-electron chi connectivity index (χ1n) is 6.43. The fraction of sp³-hybridized carbons (Fsp3) is 1.00. The fourth-order valence-electron chi connectivity index (χ4n) is 3.44. The summed E-state index contributed by atoms with van der Waals surface area (Å²) in [4.78, 5) is 0. The molecular formula is C13H24O2. The van der Waals surface area contributed by atoms with Gasteiger partial charge in [0.25, 0.3) is 0 Å². The number of aliphatic hydroxyl groups is 2. The zero-order valence-corrected chi connectivity index (χ0v) is 9.95. The Labute approximate surface area is 92.7 Å². The van der Waals surface area contributed by atoms with Crippen LogP contribution in [0.3, 0.4) is 0 Å². The van der Waals surface area contributed by atoms with Crippen LogP contribution in [0.5, 0.6) is 0 Å². The highest BCUT2D eigenvalue weighted by Gasteiger charge is 2.42. The van der Waals surface area contributed by atoms with Crippen molar-refractivity contribution in [1.29, 1.82) is 0 Å². The molecule has 2 saturated carbocycles. The molecule has 5 atom stereocenters. The Bertz CT molecular complexity index is 225. The summed E-state index contributed by atoms with van der Waals surface area (Å²) in [5.41, 5.74) is -0.887. The molecule has 2 aliphatic carbocycles. The molecule has 2 N–H and O–H groups in total. The predicted octanol–water partition coefficient (Wildman–Crippen LogP) is 2.33. The highest BCUT2D eigenvalue weighted by atomic mass is 16.3. The summed E-state index contributed by atoms with van der Waals surface area (Å²) in [5, 5.41) is 20.0. The van der Waals surface area contributed by atoms with Crippen molar-refractivity contribution in [3.8, 4) is 0 Å². The second-order valence-electron chi connectivity index (χ2n) is 5.90. The van der Waals surface area contributed by atoms with Gasteiger partial charge >= 0.3 is 0 Å². The number of fused-ring (bicyclic) bond motifs is 2. The lowest BCUT2D eigenvalue weighted by Crippen LogP contribution is -2.40. The summed E-state index contributed by atoms with van der Waals surface area (Å²) in [6, 6.07) is 0. The van der Waals surface area contributed by atoms with Crippen LogP contribution in [0.25, 0.3) is 0 Å². The average molecular weight is 212 g/mol.